The van der Waals surface area contributed by atoms with E-state index in [9.17, 15) is 9.59 Å². The lowest BCUT2D eigenvalue weighted by Crippen LogP contribution is -2.49. The zero-order valence-corrected chi connectivity index (χ0v) is 14.5. The van der Waals surface area contributed by atoms with Crippen molar-refractivity contribution in [3.63, 3.8) is 0 Å². The standard InChI is InChI=1S/C19H23NO5/c1-3-24-19(22)17(13-5-4-8-23-11-13)20-18(21)16-10-14-9-12(2)6-7-15(14)25-16/h6-7,9-10,13,17H,3-5,8,11H2,1-2H3,(H,20,21)/t13-,17+/m1/s1. The summed E-state index contributed by atoms with van der Waals surface area (Å²) >= 11 is 0. The molecule has 0 aliphatic carbocycles. The molecule has 0 bridgehead atoms. The van der Waals surface area contributed by atoms with Gasteiger partial charge in [-0.15, -0.1) is 0 Å². The van der Waals surface area contributed by atoms with Crippen LogP contribution in [-0.2, 0) is 14.3 Å². The average Bonchev–Trinajstić information content (AvgIpc) is 3.03. The largest absolute Gasteiger partial charge is 0.464 e. The Bertz CT molecular complexity index is 760. The van der Waals surface area contributed by atoms with Crippen molar-refractivity contribution in [1.82, 2.24) is 5.32 Å². The number of amides is 1. The highest BCUT2D eigenvalue weighted by Crippen LogP contribution is 2.22. The summed E-state index contributed by atoms with van der Waals surface area (Å²) < 4.78 is 16.2. The third kappa shape index (κ3) is 4.02. The maximum Gasteiger partial charge on any atom is 0.329 e. The molecule has 0 unspecified atom stereocenters. The van der Waals surface area contributed by atoms with Gasteiger partial charge in [0, 0.05) is 17.9 Å². The number of aryl methyl sites for hydroxylation is 1. The second-order valence-corrected chi connectivity index (χ2v) is 6.33. The molecule has 1 aromatic carbocycles. The van der Waals surface area contributed by atoms with Crippen molar-refractivity contribution in [2.75, 3.05) is 19.8 Å². The Morgan fingerprint density at radius 1 is 1.36 bits per heavy atom. The lowest BCUT2D eigenvalue weighted by atomic mass is 9.93. The fourth-order valence-corrected chi connectivity index (χ4v) is 3.12. The maximum atomic E-state index is 12.6. The van der Waals surface area contributed by atoms with Crippen LogP contribution < -0.4 is 5.32 Å². The second kappa shape index (κ2) is 7.70. The quantitative estimate of drug-likeness (QED) is 0.843. The van der Waals surface area contributed by atoms with Crippen molar-refractivity contribution < 1.29 is 23.5 Å². The number of ether oxygens (including phenoxy) is 2. The van der Waals surface area contributed by atoms with Crippen LogP contribution in [-0.4, -0.2) is 37.7 Å². The molecule has 6 nitrogen and oxygen atoms in total. The summed E-state index contributed by atoms with van der Waals surface area (Å²) in [5, 5.41) is 3.64. The number of carbonyl (C=O) groups excluding carboxylic acids is 2. The highest BCUT2D eigenvalue weighted by atomic mass is 16.5. The molecule has 1 N–H and O–H groups in total. The van der Waals surface area contributed by atoms with Gasteiger partial charge in [0.2, 0.25) is 0 Å². The van der Waals surface area contributed by atoms with Crippen LogP contribution in [0.4, 0.5) is 0 Å². The van der Waals surface area contributed by atoms with Crippen LogP contribution in [0.25, 0.3) is 11.0 Å². The highest BCUT2D eigenvalue weighted by molar-refractivity contribution is 5.98. The van der Waals surface area contributed by atoms with E-state index in [1.807, 2.05) is 25.1 Å². The molecule has 6 heteroatoms. The Labute approximate surface area is 146 Å². The molecule has 0 saturated carbocycles. The van der Waals surface area contributed by atoms with E-state index in [4.69, 9.17) is 13.9 Å². The second-order valence-electron chi connectivity index (χ2n) is 6.33. The van der Waals surface area contributed by atoms with Gasteiger partial charge in [-0.3, -0.25) is 4.79 Å². The number of rotatable bonds is 5. The van der Waals surface area contributed by atoms with E-state index >= 15 is 0 Å². The predicted molar refractivity (Wildman–Crippen MR) is 92.4 cm³/mol. The third-order valence-corrected chi connectivity index (χ3v) is 4.39. The van der Waals surface area contributed by atoms with Gasteiger partial charge in [-0.2, -0.15) is 0 Å². The molecule has 134 valence electrons. The monoisotopic (exact) mass is 345 g/mol. The molecular formula is C19H23NO5. The van der Waals surface area contributed by atoms with Gasteiger partial charge in [-0.25, -0.2) is 4.79 Å². The fraction of sp³-hybridized carbons (Fsp3) is 0.474. The van der Waals surface area contributed by atoms with Crippen LogP contribution in [0.2, 0.25) is 0 Å². The summed E-state index contributed by atoms with van der Waals surface area (Å²) in [7, 11) is 0. The van der Waals surface area contributed by atoms with Gasteiger partial charge >= 0.3 is 5.97 Å². The topological polar surface area (TPSA) is 77.8 Å². The van der Waals surface area contributed by atoms with Crippen molar-refractivity contribution in [2.45, 2.75) is 32.7 Å². The summed E-state index contributed by atoms with van der Waals surface area (Å²) in [5.41, 5.74) is 1.73. The summed E-state index contributed by atoms with van der Waals surface area (Å²) in [5.74, 6) is -0.759. The number of hydrogen-bond donors (Lipinski definition) is 1. The van der Waals surface area contributed by atoms with E-state index in [-0.39, 0.29) is 18.3 Å². The first-order valence-electron chi connectivity index (χ1n) is 8.64. The summed E-state index contributed by atoms with van der Waals surface area (Å²) in [6.07, 6.45) is 1.67. The van der Waals surface area contributed by atoms with Gasteiger partial charge in [0.1, 0.15) is 11.6 Å². The predicted octanol–water partition coefficient (Wildman–Crippen LogP) is 2.83. The van der Waals surface area contributed by atoms with Gasteiger partial charge in [0.25, 0.3) is 5.91 Å². The Morgan fingerprint density at radius 2 is 2.20 bits per heavy atom. The molecular weight excluding hydrogens is 322 g/mol. The minimum atomic E-state index is -0.734. The zero-order chi connectivity index (χ0) is 17.8. The molecule has 25 heavy (non-hydrogen) atoms. The highest BCUT2D eigenvalue weighted by Gasteiger charge is 2.33. The van der Waals surface area contributed by atoms with Crippen molar-refractivity contribution in [3.8, 4) is 0 Å². The first kappa shape index (κ1) is 17.5. The molecule has 1 aliphatic heterocycles. The average molecular weight is 345 g/mol. The van der Waals surface area contributed by atoms with E-state index in [0.29, 0.717) is 18.8 Å². The first-order valence-corrected chi connectivity index (χ1v) is 8.64. The third-order valence-electron chi connectivity index (χ3n) is 4.39. The fourth-order valence-electron chi connectivity index (χ4n) is 3.12. The van der Waals surface area contributed by atoms with Crippen LogP contribution in [0.5, 0.6) is 0 Å². The van der Waals surface area contributed by atoms with Crippen LogP contribution in [0.15, 0.2) is 28.7 Å². The molecule has 2 atom stereocenters. The summed E-state index contributed by atoms with van der Waals surface area (Å²) in [6, 6.07) is 6.67. The number of carbonyl (C=O) groups is 2. The smallest absolute Gasteiger partial charge is 0.329 e. The minimum absolute atomic E-state index is 0.0941. The Kier molecular flexibility index (Phi) is 5.38. The molecule has 2 aromatic rings. The van der Waals surface area contributed by atoms with Gasteiger partial charge in [-0.1, -0.05) is 11.6 Å². The number of esters is 1. The first-order chi connectivity index (χ1) is 12.1. The van der Waals surface area contributed by atoms with E-state index in [1.54, 1.807) is 13.0 Å². The Morgan fingerprint density at radius 3 is 2.92 bits per heavy atom. The number of nitrogens with one attached hydrogen (secondary N) is 1. The SMILES string of the molecule is CCOC(=O)[C@@H](NC(=O)c1cc2cc(C)ccc2o1)[C@@H]1CCCOC1. The Hall–Kier alpha value is -2.34. The van der Waals surface area contributed by atoms with Gasteiger partial charge in [0.05, 0.1) is 13.2 Å². The number of hydrogen-bond acceptors (Lipinski definition) is 5. The van der Waals surface area contributed by atoms with Crippen LogP contribution in [0.1, 0.15) is 35.9 Å². The van der Waals surface area contributed by atoms with Crippen molar-refractivity contribution in [1.29, 1.82) is 0 Å². The summed E-state index contributed by atoms with van der Waals surface area (Å²) in [6.45, 7) is 5.11. The molecule has 1 amide bonds. The normalized spacial score (nSPS) is 18.7. The van der Waals surface area contributed by atoms with Gasteiger partial charge in [0.15, 0.2) is 5.76 Å². The lowest BCUT2D eigenvalue weighted by Gasteiger charge is -2.29. The molecule has 1 saturated heterocycles. The molecule has 1 fully saturated rings. The molecule has 2 heterocycles. The van der Waals surface area contributed by atoms with Crippen molar-refractivity contribution in [3.05, 3.63) is 35.6 Å². The van der Waals surface area contributed by atoms with Gasteiger partial charge < -0.3 is 19.2 Å². The number of furan rings is 1. The molecule has 0 radical (unpaired) electrons. The molecule has 3 rings (SSSR count). The number of benzene rings is 1. The van der Waals surface area contributed by atoms with E-state index < -0.39 is 17.9 Å². The summed E-state index contributed by atoms with van der Waals surface area (Å²) in [4.78, 5) is 24.9. The Balaban J connectivity index is 1.78. The number of fused-ring (bicyclic) bond motifs is 1. The molecule has 0 spiro atoms. The zero-order valence-electron chi connectivity index (χ0n) is 14.5. The van der Waals surface area contributed by atoms with Crippen molar-refractivity contribution >= 4 is 22.8 Å². The lowest BCUT2D eigenvalue weighted by molar-refractivity contribution is -0.148. The molecule has 1 aromatic heterocycles. The van der Waals surface area contributed by atoms with Gasteiger partial charge in [-0.05, 0) is 44.9 Å². The van der Waals surface area contributed by atoms with Crippen LogP contribution in [0.3, 0.4) is 0 Å². The van der Waals surface area contributed by atoms with Crippen LogP contribution in [0, 0.1) is 12.8 Å². The van der Waals surface area contributed by atoms with E-state index in [0.717, 1.165) is 23.8 Å². The van der Waals surface area contributed by atoms with E-state index in [2.05, 4.69) is 5.32 Å². The maximum absolute atomic E-state index is 12.6. The molecule has 1 aliphatic rings. The van der Waals surface area contributed by atoms with Crippen molar-refractivity contribution in [2.24, 2.45) is 5.92 Å². The van der Waals surface area contributed by atoms with E-state index in [1.165, 1.54) is 0 Å². The van der Waals surface area contributed by atoms with Crippen LogP contribution >= 0.6 is 0 Å². The minimum Gasteiger partial charge on any atom is -0.464 e.